The maximum Gasteiger partial charge on any atom is 0.341 e. The summed E-state index contributed by atoms with van der Waals surface area (Å²) in [5.41, 5.74) is 0.0691. The van der Waals surface area contributed by atoms with E-state index >= 15 is 0 Å². The molecule has 0 unspecified atom stereocenters. The maximum absolute atomic E-state index is 11.0. The highest BCUT2D eigenvalue weighted by molar-refractivity contribution is 5.93. The number of carboxylic acid groups (broad SMARTS) is 1. The molecule has 2 N–H and O–H groups in total. The minimum absolute atomic E-state index is 0.0691. The Balaban J connectivity index is 2.44. The first-order valence-corrected chi connectivity index (χ1v) is 4.60. The number of aromatic carboxylic acids is 1. The average molecular weight is 218 g/mol. The summed E-state index contributed by atoms with van der Waals surface area (Å²) in [7, 11) is 1.74. The molecule has 2 aromatic heterocycles. The first kappa shape index (κ1) is 10.2. The number of nitrogens with zero attached hydrogens (tertiary/aromatic N) is 3. The third-order valence-electron chi connectivity index (χ3n) is 2.18. The molecule has 0 amide bonds. The number of carbonyl (C=O) groups is 1. The molecule has 0 saturated heterocycles. The van der Waals surface area contributed by atoms with Crippen molar-refractivity contribution in [1.29, 1.82) is 0 Å². The van der Waals surface area contributed by atoms with Gasteiger partial charge in [0.05, 0.1) is 0 Å². The van der Waals surface area contributed by atoms with Gasteiger partial charge in [-0.05, 0) is 12.1 Å². The van der Waals surface area contributed by atoms with Gasteiger partial charge in [-0.3, -0.25) is 0 Å². The molecule has 0 spiro atoms. The Morgan fingerprint density at radius 3 is 3.00 bits per heavy atom. The zero-order chi connectivity index (χ0) is 11.5. The second kappa shape index (κ2) is 4.01. The highest BCUT2D eigenvalue weighted by Crippen LogP contribution is 2.22. The van der Waals surface area contributed by atoms with Crippen LogP contribution in [0.2, 0.25) is 0 Å². The van der Waals surface area contributed by atoms with E-state index in [1.54, 1.807) is 18.1 Å². The normalized spacial score (nSPS) is 10.1. The van der Waals surface area contributed by atoms with Crippen LogP contribution in [0.3, 0.4) is 0 Å². The molecule has 0 aliphatic heterocycles. The fraction of sp³-hybridized carbons (Fsp3) is 0.100. The van der Waals surface area contributed by atoms with E-state index in [0.29, 0.717) is 5.82 Å². The maximum atomic E-state index is 11.0. The summed E-state index contributed by atoms with van der Waals surface area (Å²) < 4.78 is 0. The predicted octanol–water partition coefficient (Wildman–Crippen LogP) is 1.27. The molecule has 0 aliphatic rings. The largest absolute Gasteiger partial charge is 0.477 e. The Kier molecular flexibility index (Phi) is 2.55. The van der Waals surface area contributed by atoms with Crippen LogP contribution < -0.4 is 4.90 Å². The van der Waals surface area contributed by atoms with Crippen LogP contribution in [-0.2, 0) is 0 Å². The number of nitrogens with one attached hydrogen (secondary N) is 1. The van der Waals surface area contributed by atoms with Crippen molar-refractivity contribution < 1.29 is 9.90 Å². The molecule has 2 aromatic rings. The number of aromatic amines is 1. The molecule has 0 radical (unpaired) electrons. The van der Waals surface area contributed by atoms with Crippen molar-refractivity contribution in [3.63, 3.8) is 0 Å². The lowest BCUT2D eigenvalue weighted by atomic mass is 10.3. The predicted molar refractivity (Wildman–Crippen MR) is 57.8 cm³/mol. The first-order valence-electron chi connectivity index (χ1n) is 4.60. The number of carboxylic acids is 1. The van der Waals surface area contributed by atoms with Gasteiger partial charge in [0.15, 0.2) is 5.82 Å². The van der Waals surface area contributed by atoms with Gasteiger partial charge in [-0.2, -0.15) is 0 Å². The number of aromatic nitrogens is 3. The molecular weight excluding hydrogens is 208 g/mol. The van der Waals surface area contributed by atoms with Crippen LogP contribution in [0.5, 0.6) is 0 Å². The Bertz CT molecular complexity index is 495. The summed E-state index contributed by atoms with van der Waals surface area (Å²) in [5.74, 6) is 0.0696. The molecule has 0 bridgehead atoms. The minimum Gasteiger partial charge on any atom is -0.477 e. The summed E-state index contributed by atoms with van der Waals surface area (Å²) in [4.78, 5) is 23.3. The summed E-state index contributed by atoms with van der Waals surface area (Å²) in [6.45, 7) is 0. The fourth-order valence-corrected chi connectivity index (χ4v) is 1.38. The van der Waals surface area contributed by atoms with E-state index in [4.69, 9.17) is 5.11 Å². The van der Waals surface area contributed by atoms with Crippen molar-refractivity contribution in [1.82, 2.24) is 15.0 Å². The van der Waals surface area contributed by atoms with E-state index in [1.165, 1.54) is 12.5 Å². The highest BCUT2D eigenvalue weighted by Gasteiger charge is 2.16. The van der Waals surface area contributed by atoms with E-state index in [9.17, 15) is 4.79 Å². The Morgan fingerprint density at radius 2 is 2.38 bits per heavy atom. The summed E-state index contributed by atoms with van der Waals surface area (Å²) in [5, 5.41) is 9.00. The lowest BCUT2D eigenvalue weighted by Gasteiger charge is -2.17. The van der Waals surface area contributed by atoms with Crippen molar-refractivity contribution in [2.75, 3.05) is 11.9 Å². The van der Waals surface area contributed by atoms with E-state index in [2.05, 4.69) is 15.0 Å². The molecule has 6 nitrogen and oxygen atoms in total. The molecule has 82 valence electrons. The van der Waals surface area contributed by atoms with E-state index in [0.717, 1.165) is 5.82 Å². The molecule has 0 aliphatic carbocycles. The molecule has 2 heterocycles. The van der Waals surface area contributed by atoms with Gasteiger partial charge in [-0.15, -0.1) is 0 Å². The summed E-state index contributed by atoms with van der Waals surface area (Å²) >= 11 is 0. The molecule has 0 aromatic carbocycles. The van der Waals surface area contributed by atoms with Gasteiger partial charge in [0.1, 0.15) is 17.7 Å². The fourth-order valence-electron chi connectivity index (χ4n) is 1.38. The van der Waals surface area contributed by atoms with Crippen molar-refractivity contribution in [2.24, 2.45) is 0 Å². The number of hydrogen-bond acceptors (Lipinski definition) is 4. The van der Waals surface area contributed by atoms with Gasteiger partial charge < -0.3 is 15.0 Å². The molecule has 0 saturated carbocycles. The lowest BCUT2D eigenvalue weighted by Crippen LogP contribution is -2.16. The number of hydrogen-bond donors (Lipinski definition) is 2. The van der Waals surface area contributed by atoms with E-state index < -0.39 is 5.97 Å². The van der Waals surface area contributed by atoms with Gasteiger partial charge in [0.2, 0.25) is 0 Å². The third kappa shape index (κ3) is 1.72. The van der Waals surface area contributed by atoms with Gasteiger partial charge in [-0.25, -0.2) is 14.8 Å². The van der Waals surface area contributed by atoms with Crippen LogP contribution in [0.25, 0.3) is 0 Å². The van der Waals surface area contributed by atoms with Gasteiger partial charge in [-0.1, -0.05) is 0 Å². The minimum atomic E-state index is -1.05. The Hall–Kier alpha value is -2.37. The molecule has 0 fully saturated rings. The topological polar surface area (TPSA) is 82.1 Å². The van der Waals surface area contributed by atoms with Crippen LogP contribution in [0.15, 0.2) is 30.9 Å². The lowest BCUT2D eigenvalue weighted by molar-refractivity contribution is 0.0697. The van der Waals surface area contributed by atoms with Crippen molar-refractivity contribution in [3.05, 3.63) is 36.4 Å². The quantitative estimate of drug-likeness (QED) is 0.810. The molecule has 6 heteroatoms. The summed E-state index contributed by atoms with van der Waals surface area (Å²) in [6, 6.07) is 3.65. The van der Waals surface area contributed by atoms with E-state index in [-0.39, 0.29) is 5.56 Å². The average Bonchev–Trinajstić information content (AvgIpc) is 2.81. The monoisotopic (exact) mass is 218 g/mol. The second-order valence-corrected chi connectivity index (χ2v) is 3.18. The Morgan fingerprint density at radius 1 is 1.56 bits per heavy atom. The third-order valence-corrected chi connectivity index (χ3v) is 2.18. The van der Waals surface area contributed by atoms with E-state index in [1.807, 2.05) is 12.1 Å². The summed E-state index contributed by atoms with van der Waals surface area (Å²) in [6.07, 6.45) is 4.36. The van der Waals surface area contributed by atoms with Crippen LogP contribution in [0, 0.1) is 0 Å². The second-order valence-electron chi connectivity index (χ2n) is 3.18. The number of H-pyrrole nitrogens is 1. The van der Waals surface area contributed by atoms with Crippen LogP contribution >= 0.6 is 0 Å². The van der Waals surface area contributed by atoms with Gasteiger partial charge in [0.25, 0.3) is 0 Å². The highest BCUT2D eigenvalue weighted by atomic mass is 16.4. The van der Waals surface area contributed by atoms with Crippen molar-refractivity contribution in [2.45, 2.75) is 0 Å². The smallest absolute Gasteiger partial charge is 0.341 e. The SMILES string of the molecule is CN(c1ccc[nH]1)c1ncncc1C(=O)O. The van der Waals surface area contributed by atoms with Gasteiger partial charge >= 0.3 is 5.97 Å². The Labute approximate surface area is 91.6 Å². The van der Waals surface area contributed by atoms with Crippen LogP contribution in [0.1, 0.15) is 10.4 Å². The molecule has 16 heavy (non-hydrogen) atoms. The van der Waals surface area contributed by atoms with Crippen LogP contribution in [0.4, 0.5) is 11.6 Å². The van der Waals surface area contributed by atoms with Crippen molar-refractivity contribution >= 4 is 17.6 Å². The van der Waals surface area contributed by atoms with Crippen molar-refractivity contribution in [3.8, 4) is 0 Å². The zero-order valence-corrected chi connectivity index (χ0v) is 8.58. The van der Waals surface area contributed by atoms with Gasteiger partial charge in [0, 0.05) is 19.4 Å². The van der Waals surface area contributed by atoms with Crippen LogP contribution in [-0.4, -0.2) is 33.1 Å². The standard InChI is InChI=1S/C10H10N4O2/c1-14(8-3-2-4-12-8)9-7(10(15)16)5-11-6-13-9/h2-6,12H,1H3,(H,15,16). The molecule has 0 atom stereocenters. The molecular formula is C10H10N4O2. The number of anilines is 2. The first-order chi connectivity index (χ1) is 7.70. The molecule has 2 rings (SSSR count). The number of rotatable bonds is 3. The zero-order valence-electron chi connectivity index (χ0n) is 8.58.